The standard InChI is InChI=1S/C50H62N10O7/c1-34(56-46(62)37-10-6-11-38(31-37)59-50(19-23-54-24-20-50)49(52)58-45(51)35-17-21-53-22-18-35)36-9-7-12-39(32-36)67-27-5-3-2-4-26-65-29-30-66-28-25-55-42-14-8-13-40-41(42)33-60(48(40)64)43-15-16-44(61)57-47(43)63/h6-14,17-18,21-22,31-32,34,43,54-55,59H,2-5,15-16,19-20,23-30,33H2,1H3,(H,56,62)(H3,51,52,58)(H,57,61,63)/t34-,43?/m1/s1. The number of pyridine rings is 1. The summed E-state index contributed by atoms with van der Waals surface area (Å²) in [5.41, 5.74) is 4.30. The van der Waals surface area contributed by atoms with Crippen LogP contribution in [0.4, 0.5) is 11.4 Å². The first kappa shape index (κ1) is 48.2. The Bertz CT molecular complexity index is 2370. The van der Waals surface area contributed by atoms with Gasteiger partial charge in [-0.15, -0.1) is 0 Å². The Balaban J connectivity index is 0.746. The molecule has 67 heavy (non-hydrogen) atoms. The van der Waals surface area contributed by atoms with E-state index in [0.29, 0.717) is 95.2 Å². The summed E-state index contributed by atoms with van der Waals surface area (Å²) in [4.78, 5) is 56.1. The topological polar surface area (TPSA) is 232 Å². The summed E-state index contributed by atoms with van der Waals surface area (Å²) in [7, 11) is 0. The van der Waals surface area contributed by atoms with Gasteiger partial charge in [-0.2, -0.15) is 0 Å². The Morgan fingerprint density at radius 2 is 1.61 bits per heavy atom. The third-order valence-electron chi connectivity index (χ3n) is 12.3. The lowest BCUT2D eigenvalue weighted by molar-refractivity contribution is -0.136. The van der Waals surface area contributed by atoms with Gasteiger partial charge < -0.3 is 45.7 Å². The average molecular weight is 915 g/mol. The van der Waals surface area contributed by atoms with Crippen molar-refractivity contribution in [2.45, 2.75) is 82.5 Å². The van der Waals surface area contributed by atoms with E-state index in [9.17, 15) is 19.2 Å². The van der Waals surface area contributed by atoms with Crippen molar-refractivity contribution in [2.24, 2.45) is 0 Å². The van der Waals surface area contributed by atoms with E-state index in [1.165, 1.54) is 0 Å². The lowest BCUT2D eigenvalue weighted by atomic mass is 9.86. The minimum Gasteiger partial charge on any atom is -0.494 e. The number of amides is 4. The minimum atomic E-state index is -0.744. The Morgan fingerprint density at radius 1 is 0.866 bits per heavy atom. The van der Waals surface area contributed by atoms with Crippen LogP contribution in [-0.4, -0.2) is 109 Å². The minimum absolute atomic E-state index is 0.128. The molecule has 4 amide bonds. The van der Waals surface area contributed by atoms with Gasteiger partial charge in [-0.25, -0.2) is 0 Å². The Morgan fingerprint density at radius 3 is 2.40 bits per heavy atom. The van der Waals surface area contributed by atoms with Crippen molar-refractivity contribution in [3.05, 3.63) is 119 Å². The lowest BCUT2D eigenvalue weighted by Crippen LogP contribution is -2.58. The SMILES string of the molecule is C[C@@H](NC(=O)c1cccc(NC2(C(=N)NC(=N)c3ccncc3)CCNCC2)c1)c1cccc(OCCCCCCOCCOCCNc2cccc3c2CN(C2CCC(=O)NC2=O)C3=O)c1. The molecule has 0 radical (unpaired) electrons. The van der Waals surface area contributed by atoms with Crippen molar-refractivity contribution in [1.82, 2.24) is 31.2 Å². The number of carbonyl (C=O) groups excluding carboxylic acids is 4. The highest BCUT2D eigenvalue weighted by Gasteiger charge is 2.40. The third kappa shape index (κ3) is 13.0. The van der Waals surface area contributed by atoms with Crippen LogP contribution < -0.4 is 36.6 Å². The molecule has 1 unspecified atom stereocenters. The largest absolute Gasteiger partial charge is 0.494 e. The van der Waals surface area contributed by atoms with Gasteiger partial charge in [0, 0.05) is 72.1 Å². The number of nitrogens with one attached hydrogen (secondary N) is 8. The first-order valence-electron chi connectivity index (χ1n) is 23.2. The number of anilines is 2. The highest BCUT2D eigenvalue weighted by atomic mass is 16.5. The van der Waals surface area contributed by atoms with Crippen LogP contribution in [0.25, 0.3) is 0 Å². The quantitative estimate of drug-likeness (QED) is 0.0198. The van der Waals surface area contributed by atoms with E-state index in [-0.39, 0.29) is 41.9 Å². The molecule has 2 saturated heterocycles. The second-order valence-electron chi connectivity index (χ2n) is 17.1. The van der Waals surface area contributed by atoms with Crippen molar-refractivity contribution in [3.8, 4) is 5.75 Å². The van der Waals surface area contributed by atoms with Gasteiger partial charge in [0.25, 0.3) is 11.8 Å². The fraction of sp³-hybridized carbons (Fsp3) is 0.420. The van der Waals surface area contributed by atoms with Crippen molar-refractivity contribution >= 4 is 46.7 Å². The molecule has 17 nitrogen and oxygen atoms in total. The molecule has 1 aromatic heterocycles. The summed E-state index contributed by atoms with van der Waals surface area (Å²) in [5, 5.41) is 36.3. The van der Waals surface area contributed by atoms with Crippen molar-refractivity contribution in [2.75, 3.05) is 63.3 Å². The molecule has 0 bridgehead atoms. The molecule has 0 saturated carbocycles. The van der Waals surface area contributed by atoms with Crippen LogP contribution in [0.1, 0.15) is 102 Å². The van der Waals surface area contributed by atoms with Crippen LogP contribution in [0, 0.1) is 10.8 Å². The maximum absolute atomic E-state index is 13.5. The summed E-state index contributed by atoms with van der Waals surface area (Å²) in [6.45, 7) is 6.92. The van der Waals surface area contributed by atoms with Gasteiger partial charge in [-0.3, -0.25) is 40.3 Å². The van der Waals surface area contributed by atoms with Gasteiger partial charge in [0.1, 0.15) is 23.5 Å². The van der Waals surface area contributed by atoms with Crippen LogP contribution in [0.3, 0.4) is 0 Å². The summed E-state index contributed by atoms with van der Waals surface area (Å²) >= 11 is 0. The number of carbonyl (C=O) groups is 4. The van der Waals surface area contributed by atoms with E-state index >= 15 is 0 Å². The normalized spacial score (nSPS) is 16.9. The number of rotatable bonds is 23. The van der Waals surface area contributed by atoms with E-state index in [0.717, 1.165) is 53.9 Å². The van der Waals surface area contributed by atoms with Crippen LogP contribution >= 0.6 is 0 Å². The van der Waals surface area contributed by atoms with Gasteiger partial charge in [0.05, 0.1) is 38.0 Å². The molecule has 3 aliphatic rings. The predicted molar refractivity (Wildman–Crippen MR) is 256 cm³/mol. The number of fused-ring (bicyclic) bond motifs is 1. The highest BCUT2D eigenvalue weighted by Crippen LogP contribution is 2.32. The zero-order chi connectivity index (χ0) is 47.0. The van der Waals surface area contributed by atoms with Crippen LogP contribution in [0.15, 0.2) is 91.3 Å². The Kier molecular flexibility index (Phi) is 17.0. The molecule has 0 aliphatic carbocycles. The molecule has 3 aliphatic heterocycles. The molecule has 2 fully saturated rings. The van der Waals surface area contributed by atoms with Crippen molar-refractivity contribution in [1.29, 1.82) is 10.8 Å². The van der Waals surface area contributed by atoms with E-state index < -0.39 is 17.5 Å². The van der Waals surface area contributed by atoms with E-state index in [2.05, 4.69) is 36.9 Å². The number of amidine groups is 2. The summed E-state index contributed by atoms with van der Waals surface area (Å²) in [6.07, 6.45) is 8.94. The zero-order valence-corrected chi connectivity index (χ0v) is 38.1. The Hall–Kier alpha value is -6.69. The Labute approximate surface area is 391 Å². The number of aromatic nitrogens is 1. The number of benzene rings is 3. The molecule has 8 N–H and O–H groups in total. The van der Waals surface area contributed by atoms with Gasteiger partial charge in [0.2, 0.25) is 11.8 Å². The average Bonchev–Trinajstić information content (AvgIpc) is 3.68. The van der Waals surface area contributed by atoms with Gasteiger partial charge >= 0.3 is 0 Å². The van der Waals surface area contributed by atoms with Gasteiger partial charge in [0.15, 0.2) is 0 Å². The maximum atomic E-state index is 13.5. The molecule has 17 heteroatoms. The zero-order valence-electron chi connectivity index (χ0n) is 38.1. The molecular formula is C50H62N10O7. The fourth-order valence-electron chi connectivity index (χ4n) is 8.56. The smallest absolute Gasteiger partial charge is 0.255 e. The van der Waals surface area contributed by atoms with Crippen LogP contribution in [-0.2, 0) is 25.6 Å². The van der Waals surface area contributed by atoms with Gasteiger partial charge in [-0.1, -0.05) is 30.7 Å². The van der Waals surface area contributed by atoms with Crippen molar-refractivity contribution < 1.29 is 33.4 Å². The number of ether oxygens (including phenoxy) is 3. The first-order valence-corrected chi connectivity index (χ1v) is 23.2. The maximum Gasteiger partial charge on any atom is 0.255 e. The number of hydrogen-bond donors (Lipinski definition) is 8. The molecule has 0 spiro atoms. The van der Waals surface area contributed by atoms with E-state index in [1.807, 2.05) is 55.5 Å². The van der Waals surface area contributed by atoms with E-state index in [4.69, 9.17) is 25.0 Å². The molecule has 2 atom stereocenters. The summed E-state index contributed by atoms with van der Waals surface area (Å²) in [5.74, 6) is -0.0522. The second-order valence-corrected chi connectivity index (χ2v) is 17.1. The first-order chi connectivity index (χ1) is 32.6. The highest BCUT2D eigenvalue weighted by molar-refractivity contribution is 6.10. The number of hydrogen-bond acceptors (Lipinski definition) is 13. The van der Waals surface area contributed by atoms with Gasteiger partial charge in [-0.05, 0) is 119 Å². The number of piperidine rings is 2. The van der Waals surface area contributed by atoms with Crippen LogP contribution in [0.2, 0.25) is 0 Å². The third-order valence-corrected chi connectivity index (χ3v) is 12.3. The number of nitrogens with zero attached hydrogens (tertiary/aromatic N) is 2. The number of unbranched alkanes of at least 4 members (excludes halogenated alkanes) is 3. The molecule has 354 valence electrons. The molecule has 4 heterocycles. The molecule has 3 aromatic carbocycles. The van der Waals surface area contributed by atoms with E-state index in [1.54, 1.807) is 47.6 Å². The molecule has 4 aromatic rings. The molecule has 7 rings (SSSR count). The molecular weight excluding hydrogens is 853 g/mol. The summed E-state index contributed by atoms with van der Waals surface area (Å²) in [6, 6.07) is 23.2. The predicted octanol–water partition coefficient (Wildman–Crippen LogP) is 5.54. The monoisotopic (exact) mass is 914 g/mol. The second kappa shape index (κ2) is 23.7. The van der Waals surface area contributed by atoms with Crippen LogP contribution in [0.5, 0.6) is 5.75 Å². The fourth-order valence-corrected chi connectivity index (χ4v) is 8.56. The summed E-state index contributed by atoms with van der Waals surface area (Å²) < 4.78 is 17.6. The lowest BCUT2D eigenvalue weighted by Gasteiger charge is -2.40. The van der Waals surface area contributed by atoms with Crippen molar-refractivity contribution in [3.63, 3.8) is 0 Å². The number of imide groups is 1.